The third kappa shape index (κ3) is 5.84. The molecule has 0 saturated carbocycles. The largest absolute Gasteiger partial charge is 0.389 e. The highest BCUT2D eigenvalue weighted by Crippen LogP contribution is 2.19. The summed E-state index contributed by atoms with van der Waals surface area (Å²) in [6, 6.07) is 0.573. The van der Waals surface area contributed by atoms with Gasteiger partial charge in [-0.3, -0.25) is 0 Å². The number of β-amino-alcohol motifs (C(OH)–C–C–N with tert-alkyl or cyclic N) is 1. The van der Waals surface area contributed by atoms with Gasteiger partial charge in [0.25, 0.3) is 0 Å². The van der Waals surface area contributed by atoms with E-state index in [0.29, 0.717) is 6.04 Å². The fourth-order valence-electron chi connectivity index (χ4n) is 2.46. The van der Waals surface area contributed by atoms with E-state index in [1.807, 2.05) is 6.92 Å². The van der Waals surface area contributed by atoms with E-state index in [4.69, 9.17) is 0 Å². The van der Waals surface area contributed by atoms with E-state index in [1.54, 1.807) is 0 Å². The number of hydrogen-bond acceptors (Lipinski definition) is 3. The highest BCUT2D eigenvalue weighted by Gasteiger charge is 2.26. The Morgan fingerprint density at radius 3 is 2.76 bits per heavy atom. The zero-order valence-electron chi connectivity index (χ0n) is 12.0. The van der Waals surface area contributed by atoms with E-state index in [0.717, 1.165) is 38.5 Å². The van der Waals surface area contributed by atoms with Crippen LogP contribution in [0, 0.1) is 5.92 Å². The van der Waals surface area contributed by atoms with Gasteiger partial charge < -0.3 is 15.3 Å². The number of piperidine rings is 1. The fraction of sp³-hybridized carbons (Fsp3) is 1.00. The Hall–Kier alpha value is -0.120. The third-order valence-corrected chi connectivity index (χ3v) is 3.74. The second-order valence-corrected chi connectivity index (χ2v) is 6.16. The van der Waals surface area contributed by atoms with Crippen molar-refractivity contribution < 1.29 is 5.11 Å². The first-order chi connectivity index (χ1) is 7.93. The molecule has 2 atom stereocenters. The molecule has 0 spiro atoms. The first-order valence-electron chi connectivity index (χ1n) is 7.11. The van der Waals surface area contributed by atoms with Gasteiger partial charge in [0.15, 0.2) is 0 Å². The molecule has 1 heterocycles. The number of nitrogens with zero attached hydrogens (tertiary/aromatic N) is 1. The molecule has 0 radical (unpaired) electrons. The minimum Gasteiger partial charge on any atom is -0.389 e. The summed E-state index contributed by atoms with van der Waals surface area (Å²) >= 11 is 0. The van der Waals surface area contributed by atoms with Crippen molar-refractivity contribution in [1.82, 2.24) is 10.2 Å². The van der Waals surface area contributed by atoms with Crippen molar-refractivity contribution in [2.75, 3.05) is 26.2 Å². The zero-order chi connectivity index (χ0) is 12.9. The normalized spacial score (nSPS) is 26.1. The molecule has 1 aliphatic rings. The van der Waals surface area contributed by atoms with Crippen molar-refractivity contribution in [3.8, 4) is 0 Å². The highest BCUT2D eigenvalue weighted by atomic mass is 16.3. The molecule has 102 valence electrons. The summed E-state index contributed by atoms with van der Waals surface area (Å²) in [5, 5.41) is 13.6. The van der Waals surface area contributed by atoms with Gasteiger partial charge in [-0.25, -0.2) is 0 Å². The third-order valence-electron chi connectivity index (χ3n) is 3.74. The van der Waals surface area contributed by atoms with E-state index in [2.05, 4.69) is 31.0 Å². The van der Waals surface area contributed by atoms with Gasteiger partial charge in [-0.05, 0) is 45.2 Å². The van der Waals surface area contributed by atoms with Crippen molar-refractivity contribution in [3.63, 3.8) is 0 Å². The zero-order valence-corrected chi connectivity index (χ0v) is 12.0. The molecule has 1 fully saturated rings. The van der Waals surface area contributed by atoms with Crippen molar-refractivity contribution >= 4 is 0 Å². The second kappa shape index (κ2) is 6.72. The van der Waals surface area contributed by atoms with Crippen LogP contribution in [0.15, 0.2) is 0 Å². The summed E-state index contributed by atoms with van der Waals surface area (Å²) in [7, 11) is 0. The van der Waals surface area contributed by atoms with Gasteiger partial charge in [0.2, 0.25) is 0 Å². The molecule has 0 aromatic heterocycles. The topological polar surface area (TPSA) is 35.5 Å². The molecule has 1 saturated heterocycles. The van der Waals surface area contributed by atoms with Gasteiger partial charge in [-0.2, -0.15) is 0 Å². The summed E-state index contributed by atoms with van der Waals surface area (Å²) in [4.78, 5) is 2.43. The molecule has 3 nitrogen and oxygen atoms in total. The van der Waals surface area contributed by atoms with Crippen LogP contribution >= 0.6 is 0 Å². The van der Waals surface area contributed by atoms with Crippen molar-refractivity contribution in [3.05, 3.63) is 0 Å². The van der Waals surface area contributed by atoms with Crippen LogP contribution in [0.2, 0.25) is 0 Å². The van der Waals surface area contributed by atoms with E-state index >= 15 is 0 Å². The van der Waals surface area contributed by atoms with Crippen LogP contribution in [-0.4, -0.2) is 47.8 Å². The maximum absolute atomic E-state index is 10.1. The molecule has 2 unspecified atom stereocenters. The average molecular weight is 242 g/mol. The SMILES string of the molecule is CCC(C)(O)CN1CCCC(CNC(C)C)C1. The summed E-state index contributed by atoms with van der Waals surface area (Å²) in [6.07, 6.45) is 3.42. The monoisotopic (exact) mass is 242 g/mol. The minimum absolute atomic E-state index is 0.520. The molecular weight excluding hydrogens is 212 g/mol. The molecule has 17 heavy (non-hydrogen) atoms. The lowest BCUT2D eigenvalue weighted by Crippen LogP contribution is -2.47. The molecule has 0 bridgehead atoms. The Morgan fingerprint density at radius 1 is 1.47 bits per heavy atom. The second-order valence-electron chi connectivity index (χ2n) is 6.16. The van der Waals surface area contributed by atoms with Gasteiger partial charge in [-0.15, -0.1) is 0 Å². The Bertz CT molecular complexity index is 216. The van der Waals surface area contributed by atoms with Crippen LogP contribution in [0.5, 0.6) is 0 Å². The first kappa shape index (κ1) is 14.9. The Labute approximate surface area is 107 Å². The van der Waals surface area contributed by atoms with Crippen LogP contribution in [0.4, 0.5) is 0 Å². The molecule has 0 aromatic rings. The molecule has 0 aromatic carbocycles. The smallest absolute Gasteiger partial charge is 0.0743 e. The quantitative estimate of drug-likeness (QED) is 0.746. The molecule has 1 aliphatic heterocycles. The number of hydrogen-bond donors (Lipinski definition) is 2. The maximum Gasteiger partial charge on any atom is 0.0743 e. The lowest BCUT2D eigenvalue weighted by atomic mass is 9.95. The minimum atomic E-state index is -0.520. The molecular formula is C14H30N2O. The molecule has 1 rings (SSSR count). The molecule has 2 N–H and O–H groups in total. The van der Waals surface area contributed by atoms with E-state index in [-0.39, 0.29) is 0 Å². The van der Waals surface area contributed by atoms with Gasteiger partial charge in [0.1, 0.15) is 0 Å². The summed E-state index contributed by atoms with van der Waals surface area (Å²) < 4.78 is 0. The standard InChI is InChI=1S/C14H30N2O/c1-5-14(4,17)11-16-8-6-7-13(10-16)9-15-12(2)3/h12-13,15,17H,5-11H2,1-4H3. The van der Waals surface area contributed by atoms with Gasteiger partial charge in [0.05, 0.1) is 5.60 Å². The predicted octanol–water partition coefficient (Wildman–Crippen LogP) is 1.86. The Morgan fingerprint density at radius 2 is 2.18 bits per heavy atom. The molecule has 0 aliphatic carbocycles. The first-order valence-corrected chi connectivity index (χ1v) is 7.11. The highest BCUT2D eigenvalue weighted by molar-refractivity contribution is 4.81. The van der Waals surface area contributed by atoms with Gasteiger partial charge in [0, 0.05) is 19.1 Å². The Balaban J connectivity index is 2.33. The number of rotatable bonds is 6. The van der Waals surface area contributed by atoms with Gasteiger partial charge in [-0.1, -0.05) is 20.8 Å². The number of likely N-dealkylation sites (tertiary alicyclic amines) is 1. The van der Waals surface area contributed by atoms with Crippen molar-refractivity contribution in [1.29, 1.82) is 0 Å². The lowest BCUT2D eigenvalue weighted by Gasteiger charge is -2.37. The predicted molar refractivity (Wildman–Crippen MR) is 73.2 cm³/mol. The number of nitrogens with one attached hydrogen (secondary N) is 1. The number of aliphatic hydroxyl groups is 1. The van der Waals surface area contributed by atoms with E-state index in [1.165, 1.54) is 12.8 Å². The summed E-state index contributed by atoms with van der Waals surface area (Å²) in [6.45, 7) is 12.6. The lowest BCUT2D eigenvalue weighted by molar-refractivity contribution is 0.00408. The van der Waals surface area contributed by atoms with Crippen LogP contribution in [-0.2, 0) is 0 Å². The van der Waals surface area contributed by atoms with Crippen LogP contribution in [0.25, 0.3) is 0 Å². The van der Waals surface area contributed by atoms with Crippen molar-refractivity contribution in [2.45, 2.75) is 58.6 Å². The molecule has 0 amide bonds. The van der Waals surface area contributed by atoms with Crippen molar-refractivity contribution in [2.24, 2.45) is 5.92 Å². The van der Waals surface area contributed by atoms with Crippen LogP contribution in [0.1, 0.15) is 47.0 Å². The average Bonchev–Trinajstić information content (AvgIpc) is 2.26. The van der Waals surface area contributed by atoms with E-state index < -0.39 is 5.60 Å². The van der Waals surface area contributed by atoms with Gasteiger partial charge >= 0.3 is 0 Å². The fourth-order valence-corrected chi connectivity index (χ4v) is 2.46. The molecule has 3 heteroatoms. The summed E-state index contributed by atoms with van der Waals surface area (Å²) in [5.41, 5.74) is -0.520. The maximum atomic E-state index is 10.1. The summed E-state index contributed by atoms with van der Waals surface area (Å²) in [5.74, 6) is 0.749. The van der Waals surface area contributed by atoms with Crippen LogP contribution in [0.3, 0.4) is 0 Å². The van der Waals surface area contributed by atoms with Crippen LogP contribution < -0.4 is 5.32 Å². The Kier molecular flexibility index (Phi) is 5.90. The van der Waals surface area contributed by atoms with E-state index in [9.17, 15) is 5.11 Å².